The third-order valence-corrected chi connectivity index (χ3v) is 25.5. The minimum atomic E-state index is -2.07. The highest BCUT2D eigenvalue weighted by molar-refractivity contribution is 8.00. The Hall–Kier alpha value is -13.6. The van der Waals surface area contributed by atoms with Crippen molar-refractivity contribution in [3.8, 4) is 11.5 Å². The maximum Gasteiger partial charge on any atom is 0.246 e. The summed E-state index contributed by atoms with van der Waals surface area (Å²) in [6.45, 7) is 2.52. The Labute approximate surface area is 799 Å². The first-order valence-corrected chi connectivity index (χ1v) is 46.6. The Kier molecular flexibility index (Phi) is 39.0. The number of rotatable bonds is 24. The molecule has 15 amide bonds. The Balaban J connectivity index is 1.07. The summed E-state index contributed by atoms with van der Waals surface area (Å²) < 4.78 is 51.1. The number of likely N-dealkylation sites (N-methyl/N-ethyl adjacent to an activating group) is 3. The minimum absolute atomic E-state index is 0.0212. The van der Waals surface area contributed by atoms with Gasteiger partial charge in [0.25, 0.3) is 0 Å². The molecular weight excluding hydrogens is 1810 g/mol. The van der Waals surface area contributed by atoms with Crippen molar-refractivity contribution in [1.82, 2.24) is 77.3 Å². The van der Waals surface area contributed by atoms with Gasteiger partial charge in [0.2, 0.25) is 88.6 Å². The van der Waals surface area contributed by atoms with Crippen LogP contribution in [0.4, 0.5) is 13.2 Å². The monoisotopic (exact) mass is 1930 g/mol. The number of para-hydroxylation sites is 1. The number of primary amides is 2. The summed E-state index contributed by atoms with van der Waals surface area (Å²) >= 11 is 0.675. The van der Waals surface area contributed by atoms with Crippen LogP contribution in [0, 0.1) is 23.4 Å². The van der Waals surface area contributed by atoms with Crippen molar-refractivity contribution in [3.05, 3.63) is 203 Å². The van der Waals surface area contributed by atoms with E-state index >= 15 is 61.5 Å². The first-order valence-electron chi connectivity index (χ1n) is 45.5. The van der Waals surface area contributed by atoms with E-state index in [1.807, 2.05) is 0 Å². The summed E-state index contributed by atoms with van der Waals surface area (Å²) in [6.07, 6.45) is -5.19. The highest BCUT2D eigenvalue weighted by atomic mass is 32.2. The molecule has 0 radical (unpaired) electrons. The molecular formula is C96H121F3N18O20S. The molecule has 0 spiro atoms. The number of carbonyl (C=O) groups excluding carboxylic acids is 15. The molecule has 6 aromatic carbocycles. The number of aromatic hydroxyl groups is 2. The molecule has 3 saturated heterocycles. The second-order valence-corrected chi connectivity index (χ2v) is 36.0. The van der Waals surface area contributed by atoms with Gasteiger partial charge in [-0.25, -0.2) is 13.2 Å². The Morgan fingerprint density at radius 1 is 0.536 bits per heavy atom. The summed E-state index contributed by atoms with van der Waals surface area (Å²) in [5, 5.41) is 69.5. The van der Waals surface area contributed by atoms with Gasteiger partial charge in [-0.05, 0) is 127 Å². The van der Waals surface area contributed by atoms with E-state index in [0.717, 1.165) is 24.5 Å². The van der Waals surface area contributed by atoms with Crippen molar-refractivity contribution >= 4 is 111 Å². The molecule has 1 aromatic heterocycles. The number of hydrogen-bond acceptors (Lipinski definition) is 23. The number of unbranched alkanes of at least 4 members (excludes halogenated alkanes) is 1. The van der Waals surface area contributed by atoms with Gasteiger partial charge < -0.3 is 115 Å². The number of carbonyl (C=O) groups is 15. The summed E-state index contributed by atoms with van der Waals surface area (Å²) in [6, 6.07) is 14.5. The molecule has 3 fully saturated rings. The highest BCUT2D eigenvalue weighted by Gasteiger charge is 2.48. The number of phenols is 2. The fourth-order valence-corrected chi connectivity index (χ4v) is 17.7. The van der Waals surface area contributed by atoms with Gasteiger partial charge in [0.15, 0.2) is 17.5 Å². The van der Waals surface area contributed by atoms with Crippen LogP contribution >= 0.6 is 11.8 Å². The molecule has 7 aromatic rings. The number of nitrogens with one attached hydrogen (secondary N) is 10. The number of fused-ring (bicyclic) bond motifs is 3. The number of H-pyrrole nitrogens is 1. The molecule has 3 aliphatic rings. The van der Waals surface area contributed by atoms with Crippen molar-refractivity contribution < 1.29 is 110 Å². The number of ether oxygens (including phenoxy) is 1. The van der Waals surface area contributed by atoms with Crippen LogP contribution in [0.25, 0.3) is 10.9 Å². The zero-order valence-corrected chi connectivity index (χ0v) is 78.2. The lowest BCUT2D eigenvalue weighted by Crippen LogP contribution is -2.64. The van der Waals surface area contributed by atoms with Crippen molar-refractivity contribution in [1.29, 1.82) is 0 Å². The average Bonchev–Trinajstić information content (AvgIpc) is 1.47. The van der Waals surface area contributed by atoms with E-state index in [9.17, 15) is 44.0 Å². The van der Waals surface area contributed by atoms with E-state index in [-0.39, 0.29) is 94.5 Å². The Morgan fingerprint density at radius 2 is 1.07 bits per heavy atom. The van der Waals surface area contributed by atoms with E-state index in [0.29, 0.717) is 69.0 Å². The number of hydrogen-bond donors (Lipinski definition) is 17. The third kappa shape index (κ3) is 29.3. The lowest BCUT2D eigenvalue weighted by atomic mass is 9.98. The second kappa shape index (κ2) is 50.5. The Bertz CT molecular complexity index is 5440. The molecule has 15 atom stereocenters. The number of amides is 15. The Morgan fingerprint density at radius 3 is 1.67 bits per heavy atom. The highest BCUT2D eigenvalue weighted by Crippen LogP contribution is 2.29. The summed E-state index contributed by atoms with van der Waals surface area (Å²) in [7, 11) is 3.81. The van der Waals surface area contributed by atoms with Crippen LogP contribution < -0.4 is 65.1 Å². The van der Waals surface area contributed by atoms with Crippen LogP contribution in [-0.4, -0.2) is 301 Å². The average molecular weight is 1940 g/mol. The maximum atomic E-state index is 15.9. The molecule has 0 saturated carbocycles. The SMILES string of the molecule is CCCC[C@H]1C(=O)N2C[C@@H](O)C[C@@H]2C(=O)N[C@@H](CC(N)=O)C(=O)N[C@@H](C(C)C)C(=O)N(C)[C@@H](Cc2ccccc2)C(=O)N[C@@H](Cc2ccc(O)cc2)C(=O)N2CCOC[C@@H]2C(=O)N[C@@H](Cc2c[nH]c3ccccc23)C(=O)N[C@@H](Cc2ccc(O)cc2)C(=O)N[C@@H](CCCN)C(=O)N[C@H](C(=O)NCC(N)=O)CSCC(=O)N[C@@H](Cc2cc(F)c(F)c(F)c2)C(O)N(C)[C@@H](Cc2ccccc2)C(=O)N1C. The number of benzene rings is 6. The van der Waals surface area contributed by atoms with Crippen LogP contribution in [0.5, 0.6) is 11.5 Å². The number of halogens is 3. The minimum Gasteiger partial charge on any atom is -0.508 e. The van der Waals surface area contributed by atoms with Gasteiger partial charge in [-0.1, -0.05) is 137 Å². The van der Waals surface area contributed by atoms with Gasteiger partial charge in [0, 0.05) is 82.1 Å². The van der Waals surface area contributed by atoms with Crippen LogP contribution in [0.15, 0.2) is 152 Å². The number of morpholine rings is 1. The standard InChI is InChI=1S/C96H121F3N18O20S/c1-7-8-25-74-95(135)117-49-62(120)45-76(117)90(130)109-70(46-79(101)121)88(128)112-83(53(2)3)96(136)114(5)75(42-54-18-11-9-12-19-54)89(129)110-72(40-57-28-32-61(119)33-29-57)93(133)116-35-36-137-50-78(116)91(131)108-69(44-59-47-103-66-23-16-15-22-63(59)66)87(127)107-68(39-56-26-30-60(118)31-27-56)86(126)106-67(24-17-34-100)85(125)111-73(84(124)104-48-80(102)122)51-138-52-81(123)105-71(41-58-37-64(97)82(99)65(98)38-58)92(132)115(6)77(94(134)113(74)4)43-55-20-13-10-14-21-55/h9-16,18-23,26-33,37-38,47,53,62,67-78,83,92,103,118-120,132H,7-8,17,24-25,34-36,39-46,48-52,100H2,1-6H3,(H2,101,121)(H2,102,122)(H,104,124)(H,105,123)(H,106,126)(H,107,127)(H,108,131)(H,109,130)(H,110,129)(H,111,125)(H,112,128)/t62-,67-,68-,69-,70-,71-,72-,73-,74-,75-,76+,77-,78+,83-,92?/m0/s1. The zero-order chi connectivity index (χ0) is 100. The molecule has 0 bridgehead atoms. The van der Waals surface area contributed by atoms with Crippen LogP contribution in [0.3, 0.4) is 0 Å². The topological polar surface area (TPSA) is 565 Å². The van der Waals surface area contributed by atoms with Crippen molar-refractivity contribution in [2.24, 2.45) is 23.1 Å². The predicted molar refractivity (Wildman–Crippen MR) is 500 cm³/mol. The van der Waals surface area contributed by atoms with Crippen molar-refractivity contribution in [2.45, 2.75) is 195 Å². The predicted octanol–water partition coefficient (Wildman–Crippen LogP) is -0.0984. The largest absolute Gasteiger partial charge is 0.508 e. The summed E-state index contributed by atoms with van der Waals surface area (Å²) in [5.74, 6) is -22.7. The first kappa shape index (κ1) is 106. The quantitative estimate of drug-likeness (QED) is 0.0351. The number of thioether (sulfide) groups is 1. The number of aliphatic hydroxyl groups is 2. The number of aromatic amines is 1. The maximum absolute atomic E-state index is 15.9. The molecule has 138 heavy (non-hydrogen) atoms. The lowest BCUT2D eigenvalue weighted by molar-refractivity contribution is -0.152. The van der Waals surface area contributed by atoms with Gasteiger partial charge in [-0.3, -0.25) is 76.8 Å². The van der Waals surface area contributed by atoms with E-state index < -0.39 is 253 Å². The second-order valence-electron chi connectivity index (χ2n) is 35.0. The van der Waals surface area contributed by atoms with Gasteiger partial charge in [0.1, 0.15) is 84.2 Å². The number of nitrogens with two attached hydrogens (primary N) is 3. The van der Waals surface area contributed by atoms with Crippen LogP contribution in [0.2, 0.25) is 0 Å². The molecule has 38 nitrogen and oxygen atoms in total. The van der Waals surface area contributed by atoms with E-state index in [1.165, 1.54) is 69.7 Å². The number of aliphatic hydroxyl groups excluding tert-OH is 2. The molecule has 20 N–H and O–H groups in total. The van der Waals surface area contributed by atoms with Crippen molar-refractivity contribution in [3.63, 3.8) is 0 Å². The smallest absolute Gasteiger partial charge is 0.246 e. The zero-order valence-electron chi connectivity index (χ0n) is 77.4. The molecule has 0 aliphatic carbocycles. The van der Waals surface area contributed by atoms with Gasteiger partial charge in [0.05, 0.1) is 50.1 Å². The van der Waals surface area contributed by atoms with Crippen LogP contribution in [0.1, 0.15) is 99.1 Å². The molecule has 4 heterocycles. The van der Waals surface area contributed by atoms with Crippen molar-refractivity contribution in [2.75, 3.05) is 72.0 Å². The van der Waals surface area contributed by atoms with Gasteiger partial charge in [-0.15, -0.1) is 11.8 Å². The summed E-state index contributed by atoms with van der Waals surface area (Å²) in [4.78, 5) is 233. The van der Waals surface area contributed by atoms with E-state index in [2.05, 4.69) is 52.8 Å². The summed E-state index contributed by atoms with van der Waals surface area (Å²) in [5.41, 5.74) is 19.7. The number of aromatic nitrogens is 1. The van der Waals surface area contributed by atoms with Gasteiger partial charge >= 0.3 is 0 Å². The third-order valence-electron chi connectivity index (χ3n) is 24.5. The van der Waals surface area contributed by atoms with E-state index in [4.69, 9.17) is 21.9 Å². The normalized spacial score (nSPS) is 24.4. The van der Waals surface area contributed by atoms with Gasteiger partial charge in [-0.2, -0.15) is 0 Å². The first-order chi connectivity index (χ1) is 65.8. The fourth-order valence-electron chi connectivity index (χ4n) is 16.9. The molecule has 742 valence electrons. The molecule has 10 rings (SSSR count). The van der Waals surface area contributed by atoms with Crippen LogP contribution in [-0.2, 0) is 115 Å². The lowest BCUT2D eigenvalue weighted by Gasteiger charge is -2.40. The molecule has 42 heteroatoms. The fraction of sp³-hybridized carbons (Fsp3) is 0.448. The molecule has 1 unspecified atom stereocenters. The number of phenolic OH excluding ortho intramolecular Hbond substituents is 2. The number of nitrogens with zero attached hydrogens (tertiary/aromatic N) is 5. The van der Waals surface area contributed by atoms with E-state index in [1.54, 1.807) is 112 Å². The molecule has 3 aliphatic heterocycles.